The number of rotatable bonds is 7. The molecule has 8 heteroatoms. The van der Waals surface area contributed by atoms with Crippen LogP contribution < -0.4 is 10.6 Å². The molecule has 1 aromatic carbocycles. The van der Waals surface area contributed by atoms with E-state index in [-0.39, 0.29) is 36.6 Å². The summed E-state index contributed by atoms with van der Waals surface area (Å²) in [5.74, 6) is 0.258. The number of aryl methyl sites for hydroxylation is 1. The van der Waals surface area contributed by atoms with Crippen LogP contribution in [0, 0.1) is 12.8 Å². The van der Waals surface area contributed by atoms with E-state index in [9.17, 15) is 14.4 Å². The third-order valence-electron chi connectivity index (χ3n) is 4.69. The monoisotopic (exact) mass is 396 g/mol. The molecule has 1 aromatic heterocycles. The van der Waals surface area contributed by atoms with Crippen molar-refractivity contribution in [3.8, 4) is 11.5 Å². The van der Waals surface area contributed by atoms with Crippen LogP contribution in [0.4, 0.5) is 5.69 Å². The van der Waals surface area contributed by atoms with Crippen molar-refractivity contribution in [2.75, 3.05) is 18.4 Å². The summed E-state index contributed by atoms with van der Waals surface area (Å²) in [5.41, 5.74) is 1.99. The highest BCUT2D eigenvalue weighted by atomic mass is 16.4. The van der Waals surface area contributed by atoms with Gasteiger partial charge in [-0.15, -0.1) is 6.58 Å². The molecular formula is C21H24N4O4. The van der Waals surface area contributed by atoms with Crippen LogP contribution in [0.2, 0.25) is 0 Å². The molecule has 0 spiro atoms. The zero-order valence-corrected chi connectivity index (χ0v) is 16.5. The van der Waals surface area contributed by atoms with Gasteiger partial charge in [-0.05, 0) is 25.1 Å². The first-order chi connectivity index (χ1) is 13.9. The van der Waals surface area contributed by atoms with Gasteiger partial charge < -0.3 is 20.0 Å². The lowest BCUT2D eigenvalue weighted by molar-refractivity contribution is -0.128. The molecule has 0 aliphatic carbocycles. The van der Waals surface area contributed by atoms with Crippen LogP contribution in [-0.4, -0.2) is 40.7 Å². The normalized spacial score (nSPS) is 16.0. The van der Waals surface area contributed by atoms with Gasteiger partial charge in [-0.1, -0.05) is 12.1 Å². The molecule has 1 aliphatic heterocycles. The first-order valence-corrected chi connectivity index (χ1v) is 9.38. The van der Waals surface area contributed by atoms with Gasteiger partial charge in [0.15, 0.2) is 0 Å². The summed E-state index contributed by atoms with van der Waals surface area (Å²) in [4.78, 5) is 41.7. The summed E-state index contributed by atoms with van der Waals surface area (Å²) in [7, 11) is 0. The lowest BCUT2D eigenvalue weighted by atomic mass is 10.1. The summed E-state index contributed by atoms with van der Waals surface area (Å²) >= 11 is 0. The molecule has 3 amide bonds. The van der Waals surface area contributed by atoms with Gasteiger partial charge in [0, 0.05) is 37.7 Å². The highest BCUT2D eigenvalue weighted by Gasteiger charge is 2.33. The molecular weight excluding hydrogens is 372 g/mol. The van der Waals surface area contributed by atoms with Crippen molar-refractivity contribution in [1.82, 2.24) is 15.2 Å². The number of likely N-dealkylation sites (tertiary alicyclic amines) is 1. The minimum Gasteiger partial charge on any atom is -0.441 e. The molecule has 0 bridgehead atoms. The lowest BCUT2D eigenvalue weighted by Crippen LogP contribution is -2.32. The Kier molecular flexibility index (Phi) is 6.11. The molecule has 29 heavy (non-hydrogen) atoms. The van der Waals surface area contributed by atoms with Crippen molar-refractivity contribution < 1.29 is 18.8 Å². The minimum atomic E-state index is -0.372. The van der Waals surface area contributed by atoms with Crippen molar-refractivity contribution in [2.24, 2.45) is 5.92 Å². The second-order valence-corrected chi connectivity index (χ2v) is 6.99. The van der Waals surface area contributed by atoms with Crippen LogP contribution >= 0.6 is 0 Å². The number of hydrogen-bond donors (Lipinski definition) is 2. The Hall–Kier alpha value is -3.42. The third kappa shape index (κ3) is 4.90. The average molecular weight is 396 g/mol. The Balaban J connectivity index is 1.64. The quantitative estimate of drug-likeness (QED) is 0.699. The zero-order chi connectivity index (χ0) is 21.0. The van der Waals surface area contributed by atoms with Crippen molar-refractivity contribution in [2.45, 2.75) is 26.8 Å². The first-order valence-electron chi connectivity index (χ1n) is 9.38. The van der Waals surface area contributed by atoms with E-state index in [0.717, 1.165) is 5.56 Å². The van der Waals surface area contributed by atoms with E-state index >= 15 is 0 Å². The number of carbonyl (C=O) groups excluding carboxylic acids is 3. The Labute approximate surface area is 169 Å². The number of aromatic nitrogens is 1. The fourth-order valence-electron chi connectivity index (χ4n) is 3.24. The molecule has 1 aliphatic rings. The Morgan fingerprint density at radius 1 is 1.41 bits per heavy atom. The molecule has 8 nitrogen and oxygen atoms in total. The van der Waals surface area contributed by atoms with Crippen LogP contribution in [-0.2, 0) is 20.9 Å². The number of benzene rings is 1. The van der Waals surface area contributed by atoms with Gasteiger partial charge in [0.25, 0.3) is 0 Å². The number of carbonyl (C=O) groups is 3. The van der Waals surface area contributed by atoms with Gasteiger partial charge in [0.05, 0.1) is 12.5 Å². The van der Waals surface area contributed by atoms with Gasteiger partial charge in [0.1, 0.15) is 11.5 Å². The van der Waals surface area contributed by atoms with Crippen LogP contribution in [0.1, 0.15) is 24.8 Å². The molecule has 2 heterocycles. The van der Waals surface area contributed by atoms with Gasteiger partial charge >= 0.3 is 0 Å². The van der Waals surface area contributed by atoms with E-state index in [1.807, 2.05) is 6.07 Å². The maximum atomic E-state index is 12.4. The maximum absolute atomic E-state index is 12.4. The highest BCUT2D eigenvalue weighted by molar-refractivity contribution is 5.90. The van der Waals surface area contributed by atoms with Gasteiger partial charge in [0.2, 0.25) is 23.6 Å². The van der Waals surface area contributed by atoms with E-state index in [4.69, 9.17) is 4.42 Å². The number of nitrogens with one attached hydrogen (secondary N) is 2. The summed E-state index contributed by atoms with van der Waals surface area (Å²) in [5, 5.41) is 5.56. The predicted octanol–water partition coefficient (Wildman–Crippen LogP) is 2.26. The van der Waals surface area contributed by atoms with Gasteiger partial charge in [-0.3, -0.25) is 14.4 Å². The third-order valence-corrected chi connectivity index (χ3v) is 4.69. The largest absolute Gasteiger partial charge is 0.441 e. The summed E-state index contributed by atoms with van der Waals surface area (Å²) < 4.78 is 5.74. The lowest BCUT2D eigenvalue weighted by Gasteiger charge is -2.13. The van der Waals surface area contributed by atoms with Crippen molar-refractivity contribution in [1.29, 1.82) is 0 Å². The topological polar surface area (TPSA) is 105 Å². The van der Waals surface area contributed by atoms with Crippen LogP contribution in [0.25, 0.3) is 11.5 Å². The minimum absolute atomic E-state index is 0.0380. The Bertz CT molecular complexity index is 950. The number of oxazole rings is 1. The highest BCUT2D eigenvalue weighted by Crippen LogP contribution is 2.25. The molecule has 0 radical (unpaired) electrons. The summed E-state index contributed by atoms with van der Waals surface area (Å²) in [6.45, 7) is 7.91. The van der Waals surface area contributed by atoms with Crippen LogP contribution in [0.3, 0.4) is 0 Å². The van der Waals surface area contributed by atoms with E-state index in [2.05, 4.69) is 22.2 Å². The van der Waals surface area contributed by atoms with Crippen molar-refractivity contribution in [3.05, 3.63) is 48.4 Å². The summed E-state index contributed by atoms with van der Waals surface area (Å²) in [6, 6.07) is 7.18. The molecule has 2 N–H and O–H groups in total. The van der Waals surface area contributed by atoms with Gasteiger partial charge in [-0.2, -0.15) is 0 Å². The fourth-order valence-corrected chi connectivity index (χ4v) is 3.24. The molecule has 1 saturated heterocycles. The van der Waals surface area contributed by atoms with Crippen LogP contribution in [0.5, 0.6) is 0 Å². The number of hydrogen-bond acceptors (Lipinski definition) is 5. The molecule has 2 aromatic rings. The van der Waals surface area contributed by atoms with Crippen molar-refractivity contribution >= 4 is 23.4 Å². The molecule has 152 valence electrons. The smallest absolute Gasteiger partial charge is 0.226 e. The van der Waals surface area contributed by atoms with Crippen LogP contribution in [0.15, 0.2) is 41.3 Å². The molecule has 1 atom stereocenters. The maximum Gasteiger partial charge on any atom is 0.226 e. The average Bonchev–Trinajstić information content (AvgIpc) is 3.23. The zero-order valence-electron chi connectivity index (χ0n) is 16.5. The Morgan fingerprint density at radius 2 is 2.21 bits per heavy atom. The molecule has 1 fully saturated rings. The molecule has 1 unspecified atom stereocenters. The van der Waals surface area contributed by atoms with E-state index in [1.165, 1.54) is 6.92 Å². The Morgan fingerprint density at radius 3 is 2.93 bits per heavy atom. The SMILES string of the molecule is C=CCN1CC(C(=O)NCc2nc(-c3cccc(NC(C)=O)c3)oc2C)CC1=O. The van der Waals surface area contributed by atoms with E-state index in [1.54, 1.807) is 36.1 Å². The standard InChI is InChI=1S/C21H24N4O4/c1-4-8-25-12-16(10-19(25)27)20(28)22-11-18-13(2)29-21(24-18)15-6-5-7-17(9-15)23-14(3)26/h4-7,9,16H,1,8,10-12H2,2-3H3,(H,22,28)(H,23,26). The molecule has 0 saturated carbocycles. The summed E-state index contributed by atoms with van der Waals surface area (Å²) in [6.07, 6.45) is 1.86. The fraction of sp³-hybridized carbons (Fsp3) is 0.333. The predicted molar refractivity (Wildman–Crippen MR) is 108 cm³/mol. The van der Waals surface area contributed by atoms with E-state index < -0.39 is 0 Å². The van der Waals surface area contributed by atoms with Crippen molar-refractivity contribution in [3.63, 3.8) is 0 Å². The van der Waals surface area contributed by atoms with E-state index in [0.29, 0.717) is 36.1 Å². The number of nitrogens with zero attached hydrogens (tertiary/aromatic N) is 2. The first kappa shape index (κ1) is 20.3. The number of anilines is 1. The van der Waals surface area contributed by atoms with Gasteiger partial charge in [-0.25, -0.2) is 4.98 Å². The molecule has 3 rings (SSSR count). The second-order valence-electron chi connectivity index (χ2n) is 6.99. The second kappa shape index (κ2) is 8.72. The number of amides is 3.